The van der Waals surface area contributed by atoms with Crippen LogP contribution < -0.4 is 10.2 Å². The van der Waals surface area contributed by atoms with Gasteiger partial charge in [-0.15, -0.1) is 0 Å². The average molecular weight is 1240 g/mol. The summed E-state index contributed by atoms with van der Waals surface area (Å²) < 4.78 is 23.3. The number of rotatable bonds is 8. The minimum absolute atomic E-state index is 0. The number of carbonyl (C=O) groups is 4. The second-order valence-electron chi connectivity index (χ2n) is 16.3. The minimum Gasteiger partial charge on any atom is -0.467 e. The predicted octanol–water partition coefficient (Wildman–Crippen LogP) is 2.60. The van der Waals surface area contributed by atoms with Crippen molar-refractivity contribution >= 4 is 29.4 Å². The third-order valence-corrected chi connectivity index (χ3v) is 13.0. The summed E-state index contributed by atoms with van der Waals surface area (Å²) in [4.78, 5) is 57.4. The molecule has 2 aromatic carbocycles. The van der Waals surface area contributed by atoms with E-state index in [0.29, 0.717) is 5.69 Å². The van der Waals surface area contributed by atoms with Gasteiger partial charge in [0.1, 0.15) is 41.3 Å². The zero-order chi connectivity index (χ0) is 41.2. The van der Waals surface area contributed by atoms with Crippen molar-refractivity contribution in [3.8, 4) is 0 Å². The molecule has 3 aromatic rings. The van der Waals surface area contributed by atoms with E-state index in [-0.39, 0.29) is 124 Å². The molecule has 1 aliphatic heterocycles. The maximum absolute atomic E-state index is 14.7. The Balaban J connectivity index is 0.00000331. The topological polar surface area (TPSA) is 226 Å². The molecular formula is C42H48Ac2N2O13. The van der Waals surface area contributed by atoms with Crippen LogP contribution in [0.5, 0.6) is 0 Å². The Morgan fingerprint density at radius 3 is 2.14 bits per heavy atom. The van der Waals surface area contributed by atoms with Crippen molar-refractivity contribution in [1.29, 1.82) is 0 Å². The summed E-state index contributed by atoms with van der Waals surface area (Å²) >= 11 is 0. The maximum Gasteiger partial charge on any atom is 0.338 e. The SMILES string of the molecule is CC1=C2C(O)C(=O)[C@]3(C)C(O)CC4OCC4(O)C3C(OC(=O)c3ccccc3)C(O)(CC1OC(=O)C(O)C(NC(=O)N(C)c1ccccc1)c1ccco1)C2(C)C.[Ac].[Ac]. The quantitative estimate of drug-likeness (QED) is 0.141. The number of para-hydroxylation sites is 1. The molecule has 15 nitrogen and oxygen atoms in total. The van der Waals surface area contributed by atoms with Gasteiger partial charge in [-0.2, -0.15) is 0 Å². The molecule has 1 saturated heterocycles. The molecule has 2 radical (unpaired) electrons. The number of hydrogen-bond donors (Lipinski definition) is 6. The number of esters is 2. The molecule has 7 rings (SSSR count). The van der Waals surface area contributed by atoms with Gasteiger partial charge >= 0.3 is 18.0 Å². The fourth-order valence-electron chi connectivity index (χ4n) is 9.50. The van der Waals surface area contributed by atoms with Crippen molar-refractivity contribution in [2.45, 2.75) is 94.4 Å². The van der Waals surface area contributed by atoms with Crippen LogP contribution in [-0.4, -0.2) is 111 Å². The number of nitrogens with one attached hydrogen (secondary N) is 1. The Hall–Kier alpha value is -2.02. The number of nitrogens with zero attached hydrogens (tertiary/aromatic N) is 1. The maximum atomic E-state index is 14.7. The number of urea groups is 1. The summed E-state index contributed by atoms with van der Waals surface area (Å²) in [5.41, 5.74) is -7.10. The third kappa shape index (κ3) is 7.98. The van der Waals surface area contributed by atoms with Gasteiger partial charge < -0.3 is 49.5 Å². The fourth-order valence-corrected chi connectivity index (χ4v) is 9.50. The Morgan fingerprint density at radius 2 is 1.56 bits per heavy atom. The molecule has 2 heterocycles. The number of aliphatic hydroxyl groups excluding tert-OH is 3. The summed E-state index contributed by atoms with van der Waals surface area (Å²) in [6.45, 7) is 5.65. The molecule has 0 spiro atoms. The molecule has 11 atom stereocenters. The van der Waals surface area contributed by atoms with Crippen LogP contribution in [0.2, 0.25) is 0 Å². The van der Waals surface area contributed by atoms with E-state index in [4.69, 9.17) is 18.6 Å². The standard InChI is InChI=1S/C42H48N2O13.2Ac/c1-22-26(56-37(50)32(47)30(25-17-12-18-54-25)43-38(51)44(5)24-15-10-7-11-16-24)20-42(53)35(57-36(49)23-13-8-6-9-14-23)33-40(4,27(45)19-28-41(33,52)21-55-28)34(48)31(46)29(22)39(42,2)3;;/h6-18,26-28,30-33,35,45-47,52-53H,19-21H2,1-5H3,(H,43,51);;/t26?,27?,28?,30?,31?,32?,33?,35?,40-,41?,42?;;/m1../s1. The molecule has 1 aromatic heterocycles. The molecule has 6 N–H and O–H groups in total. The molecule has 4 aliphatic rings. The van der Waals surface area contributed by atoms with E-state index >= 15 is 0 Å². The number of furan rings is 1. The predicted molar refractivity (Wildman–Crippen MR) is 200 cm³/mol. The van der Waals surface area contributed by atoms with Gasteiger partial charge in [-0.25, -0.2) is 14.4 Å². The van der Waals surface area contributed by atoms with E-state index in [9.17, 15) is 44.7 Å². The van der Waals surface area contributed by atoms with Gasteiger partial charge in [0, 0.05) is 125 Å². The van der Waals surface area contributed by atoms with Gasteiger partial charge in [0.2, 0.25) is 0 Å². The number of fused-ring (bicyclic) bond motifs is 5. The normalized spacial score (nSPS) is 32.7. The van der Waals surface area contributed by atoms with E-state index in [2.05, 4.69) is 5.32 Å². The number of benzene rings is 2. The van der Waals surface area contributed by atoms with Crippen molar-refractivity contribution in [2.24, 2.45) is 16.7 Å². The van der Waals surface area contributed by atoms with Crippen molar-refractivity contribution in [1.82, 2.24) is 5.32 Å². The molecule has 2 saturated carbocycles. The number of Topliss-reactive ketones (excluding diaryl/α,β-unsaturated/α-hetero) is 1. The monoisotopic (exact) mass is 1240 g/mol. The molecule has 59 heavy (non-hydrogen) atoms. The number of aliphatic hydroxyl groups is 5. The first-order chi connectivity index (χ1) is 26.9. The molecule has 3 aliphatic carbocycles. The van der Waals surface area contributed by atoms with Crippen molar-refractivity contribution in [2.75, 3.05) is 18.6 Å². The minimum atomic E-state index is -2.32. The van der Waals surface area contributed by atoms with Crippen molar-refractivity contribution in [3.05, 3.63) is 102 Å². The number of anilines is 1. The second-order valence-corrected chi connectivity index (χ2v) is 16.3. The van der Waals surface area contributed by atoms with Crippen LogP contribution in [0.4, 0.5) is 10.5 Å². The molecule has 17 heteroatoms. The Labute approximate surface area is 412 Å². The molecule has 2 bridgehead atoms. The molecule has 10 unspecified atom stereocenters. The smallest absolute Gasteiger partial charge is 0.338 e. The van der Waals surface area contributed by atoms with E-state index in [1.54, 1.807) is 62.4 Å². The number of ether oxygens (including phenoxy) is 3. The van der Waals surface area contributed by atoms with Gasteiger partial charge in [0.25, 0.3) is 0 Å². The third-order valence-electron chi connectivity index (χ3n) is 13.0. The Bertz CT molecular complexity index is 2070. The van der Waals surface area contributed by atoms with Crippen LogP contribution in [-0.2, 0) is 23.8 Å². The summed E-state index contributed by atoms with van der Waals surface area (Å²) in [6.07, 6.45) is -9.20. The average Bonchev–Trinajstić information content (AvgIpc) is 3.73. The van der Waals surface area contributed by atoms with Crippen LogP contribution in [0.25, 0.3) is 0 Å². The number of amides is 2. The van der Waals surface area contributed by atoms with E-state index in [0.717, 1.165) is 0 Å². The first-order valence-corrected chi connectivity index (χ1v) is 18.8. The number of carbonyl (C=O) groups excluding carboxylic acids is 4. The van der Waals surface area contributed by atoms with Crippen LogP contribution in [0.3, 0.4) is 0 Å². The number of ketones is 1. The first kappa shape index (κ1) is 48.0. The fraction of sp³-hybridized carbons (Fsp3) is 0.476. The van der Waals surface area contributed by atoms with Gasteiger partial charge in [0.05, 0.1) is 36.1 Å². The van der Waals surface area contributed by atoms with E-state index in [1.807, 2.05) is 0 Å². The van der Waals surface area contributed by atoms with E-state index < -0.39 is 101 Å². The molecule has 2 amide bonds. The second kappa shape index (κ2) is 18.0. The van der Waals surface area contributed by atoms with Gasteiger partial charge in [-0.3, -0.25) is 9.69 Å². The van der Waals surface area contributed by atoms with Crippen LogP contribution >= 0.6 is 0 Å². The largest absolute Gasteiger partial charge is 0.467 e. The Kier molecular flexibility index (Phi) is 14.6. The Morgan fingerprint density at radius 1 is 0.932 bits per heavy atom. The van der Waals surface area contributed by atoms with Crippen LogP contribution in [0, 0.1) is 105 Å². The first-order valence-electron chi connectivity index (χ1n) is 18.8. The molecule has 310 valence electrons. The van der Waals surface area contributed by atoms with E-state index in [1.165, 1.54) is 56.3 Å². The van der Waals surface area contributed by atoms with Gasteiger partial charge in [-0.1, -0.05) is 50.2 Å². The summed E-state index contributed by atoms with van der Waals surface area (Å²) in [5.74, 6) is -4.58. The van der Waals surface area contributed by atoms with Gasteiger partial charge in [0.15, 0.2) is 11.9 Å². The molecular weight excluding hydrogens is 1190 g/mol. The summed E-state index contributed by atoms with van der Waals surface area (Å²) in [6, 6.07) is 17.3. The van der Waals surface area contributed by atoms with Crippen LogP contribution in [0.15, 0.2) is 94.6 Å². The van der Waals surface area contributed by atoms with Crippen molar-refractivity contribution in [3.63, 3.8) is 0 Å². The summed E-state index contributed by atoms with van der Waals surface area (Å²) in [7, 11) is 1.50. The zero-order valence-corrected chi connectivity index (χ0v) is 42.8. The van der Waals surface area contributed by atoms with Crippen LogP contribution in [0.1, 0.15) is 62.7 Å². The molecule has 3 fully saturated rings. The van der Waals surface area contributed by atoms with Crippen molar-refractivity contribution < 1.29 is 151 Å². The summed E-state index contributed by atoms with van der Waals surface area (Å²) in [5, 5.41) is 63.4. The number of hydrogen-bond acceptors (Lipinski definition) is 13. The van der Waals surface area contributed by atoms with Gasteiger partial charge in [-0.05, 0) is 61.4 Å². The zero-order valence-electron chi connectivity index (χ0n) is 33.3.